The minimum absolute atomic E-state index is 0.484. The molecule has 1 aromatic heterocycles. The highest BCUT2D eigenvalue weighted by Gasteiger charge is 2.08. The lowest BCUT2D eigenvalue weighted by Gasteiger charge is -1.99. The SMILES string of the molecule is CSc1nn[nH]c1C(C)C. The molecule has 0 aromatic carbocycles. The summed E-state index contributed by atoms with van der Waals surface area (Å²) in [5.74, 6) is 0.484. The molecule has 1 aromatic rings. The van der Waals surface area contributed by atoms with E-state index in [0.29, 0.717) is 5.92 Å². The van der Waals surface area contributed by atoms with Gasteiger partial charge in [-0.15, -0.1) is 16.9 Å². The van der Waals surface area contributed by atoms with E-state index in [1.165, 1.54) is 0 Å². The van der Waals surface area contributed by atoms with E-state index in [1.807, 2.05) is 6.26 Å². The van der Waals surface area contributed by atoms with Gasteiger partial charge < -0.3 is 0 Å². The molecule has 0 bridgehead atoms. The maximum atomic E-state index is 3.91. The zero-order valence-corrected chi connectivity index (χ0v) is 7.20. The van der Waals surface area contributed by atoms with Crippen LogP contribution in [-0.2, 0) is 0 Å². The summed E-state index contributed by atoms with van der Waals surface area (Å²) in [4.78, 5) is 0. The molecular formula is C6H11N3S. The summed E-state index contributed by atoms with van der Waals surface area (Å²) in [7, 11) is 0. The van der Waals surface area contributed by atoms with Crippen LogP contribution in [0, 0.1) is 0 Å². The van der Waals surface area contributed by atoms with E-state index < -0.39 is 0 Å². The van der Waals surface area contributed by atoms with Crippen LogP contribution in [0.4, 0.5) is 0 Å². The second kappa shape index (κ2) is 3.05. The van der Waals surface area contributed by atoms with Gasteiger partial charge in [0.05, 0.1) is 5.69 Å². The van der Waals surface area contributed by atoms with E-state index in [0.717, 1.165) is 10.7 Å². The molecule has 0 saturated carbocycles. The van der Waals surface area contributed by atoms with E-state index in [1.54, 1.807) is 11.8 Å². The van der Waals surface area contributed by atoms with Crippen molar-refractivity contribution in [1.82, 2.24) is 15.4 Å². The molecule has 3 nitrogen and oxygen atoms in total. The molecule has 0 unspecified atom stereocenters. The van der Waals surface area contributed by atoms with E-state index in [-0.39, 0.29) is 0 Å². The molecule has 1 rings (SSSR count). The predicted molar refractivity (Wildman–Crippen MR) is 42.3 cm³/mol. The summed E-state index contributed by atoms with van der Waals surface area (Å²) in [6.07, 6.45) is 2.00. The lowest BCUT2D eigenvalue weighted by molar-refractivity contribution is 0.794. The van der Waals surface area contributed by atoms with Gasteiger partial charge in [-0.05, 0) is 12.2 Å². The van der Waals surface area contributed by atoms with Crippen LogP contribution in [-0.4, -0.2) is 21.7 Å². The number of nitrogens with zero attached hydrogens (tertiary/aromatic N) is 2. The maximum absolute atomic E-state index is 3.91. The van der Waals surface area contributed by atoms with Crippen molar-refractivity contribution < 1.29 is 0 Å². The zero-order chi connectivity index (χ0) is 7.56. The summed E-state index contributed by atoms with van der Waals surface area (Å²) in [6.45, 7) is 4.24. The van der Waals surface area contributed by atoms with Crippen molar-refractivity contribution in [2.24, 2.45) is 0 Å². The van der Waals surface area contributed by atoms with Crippen LogP contribution in [0.1, 0.15) is 25.5 Å². The first kappa shape index (κ1) is 7.60. The highest BCUT2D eigenvalue weighted by atomic mass is 32.2. The van der Waals surface area contributed by atoms with Gasteiger partial charge in [0.25, 0.3) is 0 Å². The summed E-state index contributed by atoms with van der Waals surface area (Å²) in [5.41, 5.74) is 1.13. The molecular weight excluding hydrogens is 146 g/mol. The van der Waals surface area contributed by atoms with Crippen molar-refractivity contribution in [3.05, 3.63) is 5.69 Å². The second-order valence-corrected chi connectivity index (χ2v) is 3.18. The Morgan fingerprint density at radius 1 is 1.50 bits per heavy atom. The third-order valence-corrected chi connectivity index (χ3v) is 2.00. The fraction of sp³-hybridized carbons (Fsp3) is 0.667. The fourth-order valence-corrected chi connectivity index (χ4v) is 1.38. The molecule has 56 valence electrons. The van der Waals surface area contributed by atoms with Crippen molar-refractivity contribution in [3.63, 3.8) is 0 Å². The molecule has 1 N–H and O–H groups in total. The van der Waals surface area contributed by atoms with Crippen LogP contribution in [0.15, 0.2) is 5.03 Å². The number of aromatic amines is 1. The molecule has 0 saturated heterocycles. The van der Waals surface area contributed by atoms with Crippen molar-refractivity contribution in [3.8, 4) is 0 Å². The van der Waals surface area contributed by atoms with Gasteiger partial charge in [-0.25, -0.2) is 0 Å². The van der Waals surface area contributed by atoms with Gasteiger partial charge in [-0.1, -0.05) is 19.1 Å². The Balaban J connectivity index is 2.90. The van der Waals surface area contributed by atoms with Crippen LogP contribution in [0.5, 0.6) is 0 Å². The lowest BCUT2D eigenvalue weighted by Crippen LogP contribution is -1.88. The van der Waals surface area contributed by atoms with Gasteiger partial charge in [0.15, 0.2) is 0 Å². The molecule has 0 aliphatic carbocycles. The van der Waals surface area contributed by atoms with Crippen LogP contribution >= 0.6 is 11.8 Å². The van der Waals surface area contributed by atoms with E-state index in [9.17, 15) is 0 Å². The highest BCUT2D eigenvalue weighted by Crippen LogP contribution is 2.21. The Morgan fingerprint density at radius 2 is 2.20 bits per heavy atom. The van der Waals surface area contributed by atoms with Crippen molar-refractivity contribution >= 4 is 11.8 Å². The smallest absolute Gasteiger partial charge is 0.141 e. The molecule has 0 aliphatic rings. The topological polar surface area (TPSA) is 41.6 Å². The Bertz CT molecular complexity index is 207. The summed E-state index contributed by atoms with van der Waals surface area (Å²) in [5, 5.41) is 11.5. The number of rotatable bonds is 2. The van der Waals surface area contributed by atoms with Crippen LogP contribution < -0.4 is 0 Å². The highest BCUT2D eigenvalue weighted by molar-refractivity contribution is 7.98. The fourth-order valence-electron chi connectivity index (χ4n) is 0.753. The quantitative estimate of drug-likeness (QED) is 0.664. The molecule has 0 spiro atoms. The Hall–Kier alpha value is -0.510. The first-order valence-corrected chi connectivity index (χ1v) is 4.43. The van der Waals surface area contributed by atoms with Gasteiger partial charge in [0.1, 0.15) is 5.03 Å². The van der Waals surface area contributed by atoms with E-state index in [4.69, 9.17) is 0 Å². The second-order valence-electron chi connectivity index (χ2n) is 2.39. The van der Waals surface area contributed by atoms with Gasteiger partial charge in [0.2, 0.25) is 0 Å². The molecule has 0 aliphatic heterocycles. The zero-order valence-electron chi connectivity index (χ0n) is 6.38. The number of thioether (sulfide) groups is 1. The monoisotopic (exact) mass is 157 g/mol. The first-order chi connectivity index (χ1) is 4.75. The minimum Gasteiger partial charge on any atom is -0.261 e. The summed E-state index contributed by atoms with van der Waals surface area (Å²) < 4.78 is 0. The first-order valence-electron chi connectivity index (χ1n) is 3.20. The van der Waals surface area contributed by atoms with Crippen LogP contribution in [0.25, 0.3) is 0 Å². The standard InChI is InChI=1S/C6H11N3S/c1-4(2)5-6(10-3)8-9-7-5/h4H,1-3H3,(H,7,8,9). The van der Waals surface area contributed by atoms with Gasteiger partial charge in [0, 0.05) is 0 Å². The third-order valence-electron chi connectivity index (χ3n) is 1.31. The van der Waals surface area contributed by atoms with Crippen molar-refractivity contribution in [1.29, 1.82) is 0 Å². The average Bonchev–Trinajstić information content (AvgIpc) is 2.33. The van der Waals surface area contributed by atoms with Crippen LogP contribution in [0.2, 0.25) is 0 Å². The molecule has 0 radical (unpaired) electrons. The maximum Gasteiger partial charge on any atom is 0.141 e. The largest absolute Gasteiger partial charge is 0.261 e. The van der Waals surface area contributed by atoms with Gasteiger partial charge in [-0.2, -0.15) is 0 Å². The molecule has 10 heavy (non-hydrogen) atoms. The van der Waals surface area contributed by atoms with E-state index >= 15 is 0 Å². The van der Waals surface area contributed by atoms with Gasteiger partial charge >= 0.3 is 0 Å². The predicted octanol–water partition coefficient (Wildman–Crippen LogP) is 1.65. The molecule has 0 atom stereocenters. The average molecular weight is 157 g/mol. The number of hydrogen-bond donors (Lipinski definition) is 1. The summed E-state index contributed by atoms with van der Waals surface area (Å²) in [6, 6.07) is 0. The normalized spacial score (nSPS) is 10.8. The van der Waals surface area contributed by atoms with E-state index in [2.05, 4.69) is 29.3 Å². The Labute approximate surface area is 64.6 Å². The summed E-state index contributed by atoms with van der Waals surface area (Å²) >= 11 is 1.63. The van der Waals surface area contributed by atoms with Crippen LogP contribution in [0.3, 0.4) is 0 Å². The number of nitrogens with one attached hydrogen (secondary N) is 1. The van der Waals surface area contributed by atoms with Crippen molar-refractivity contribution in [2.45, 2.75) is 24.8 Å². The lowest BCUT2D eigenvalue weighted by atomic mass is 10.2. The van der Waals surface area contributed by atoms with Gasteiger partial charge in [-0.3, -0.25) is 5.10 Å². The number of aromatic nitrogens is 3. The Kier molecular flexibility index (Phi) is 2.32. The molecule has 1 heterocycles. The number of hydrogen-bond acceptors (Lipinski definition) is 3. The molecule has 0 amide bonds. The number of H-pyrrole nitrogens is 1. The Morgan fingerprint density at radius 3 is 2.60 bits per heavy atom. The minimum atomic E-state index is 0.484. The third kappa shape index (κ3) is 1.31. The molecule has 0 fully saturated rings. The van der Waals surface area contributed by atoms with Crippen molar-refractivity contribution in [2.75, 3.05) is 6.26 Å². The molecule has 4 heteroatoms.